The Balaban J connectivity index is 1.96. The van der Waals surface area contributed by atoms with Gasteiger partial charge in [0.2, 0.25) is 0 Å². The van der Waals surface area contributed by atoms with Crippen molar-refractivity contribution in [1.82, 2.24) is 4.90 Å². The Morgan fingerprint density at radius 2 is 1.95 bits per heavy atom. The summed E-state index contributed by atoms with van der Waals surface area (Å²) in [5.74, 6) is 0. The van der Waals surface area contributed by atoms with Gasteiger partial charge in [0, 0.05) is 36.1 Å². The summed E-state index contributed by atoms with van der Waals surface area (Å²) in [5.41, 5.74) is 1.72. The molecular formula is C15H21Br2NO. The van der Waals surface area contributed by atoms with Crippen LogP contribution in [0, 0.1) is 5.41 Å². The molecule has 1 aliphatic heterocycles. The molecule has 4 heteroatoms. The van der Waals surface area contributed by atoms with Crippen molar-refractivity contribution in [3.8, 4) is 0 Å². The Morgan fingerprint density at radius 3 is 2.58 bits per heavy atom. The molecule has 0 unspecified atom stereocenters. The van der Waals surface area contributed by atoms with E-state index >= 15 is 0 Å². The number of alkyl halides is 1. The average Bonchev–Trinajstić information content (AvgIpc) is 2.42. The Kier molecular flexibility index (Phi) is 5.87. The van der Waals surface area contributed by atoms with Gasteiger partial charge in [0.05, 0.1) is 0 Å². The van der Waals surface area contributed by atoms with Gasteiger partial charge in [-0.2, -0.15) is 0 Å². The third-order valence-electron chi connectivity index (χ3n) is 3.84. The molecule has 0 atom stereocenters. The van der Waals surface area contributed by atoms with Crippen molar-refractivity contribution in [2.75, 3.05) is 32.1 Å². The molecule has 0 aliphatic carbocycles. The zero-order valence-corrected chi connectivity index (χ0v) is 14.5. The maximum atomic E-state index is 5.50. The van der Waals surface area contributed by atoms with Gasteiger partial charge in [-0.1, -0.05) is 50.1 Å². The van der Waals surface area contributed by atoms with Crippen LogP contribution < -0.4 is 0 Å². The predicted molar refractivity (Wildman–Crippen MR) is 86.8 cm³/mol. The zero-order chi connectivity index (χ0) is 13.7. The quantitative estimate of drug-likeness (QED) is 0.702. The Labute approximate surface area is 132 Å². The molecule has 1 heterocycles. The first-order valence-electron chi connectivity index (χ1n) is 6.71. The molecule has 2 rings (SSSR count). The second-order valence-corrected chi connectivity index (χ2v) is 6.92. The number of hydrogen-bond donors (Lipinski definition) is 0. The summed E-state index contributed by atoms with van der Waals surface area (Å²) >= 11 is 7.33. The van der Waals surface area contributed by atoms with Gasteiger partial charge in [-0.3, -0.25) is 0 Å². The summed E-state index contributed by atoms with van der Waals surface area (Å²) in [5, 5.41) is 1.06. The molecule has 0 bridgehead atoms. The molecule has 0 N–H and O–H groups in total. The highest BCUT2D eigenvalue weighted by Crippen LogP contribution is 2.33. The molecule has 2 nitrogen and oxygen atoms in total. The lowest BCUT2D eigenvalue weighted by molar-refractivity contribution is 0.0109. The van der Waals surface area contributed by atoms with Gasteiger partial charge in [-0.15, -0.1) is 0 Å². The fraction of sp³-hybridized carbons (Fsp3) is 0.600. The average molecular weight is 391 g/mol. The number of rotatable bonds is 5. The summed E-state index contributed by atoms with van der Waals surface area (Å²) in [4.78, 5) is 2.42. The molecule has 0 amide bonds. The standard InChI is InChI=1S/C15H21Br2NO/c1-18(10-13-4-2-3-5-14(13)17)12-15(11-16)6-8-19-9-7-15/h2-5H,6-12H2,1H3. The van der Waals surface area contributed by atoms with Crippen LogP contribution in [0.1, 0.15) is 18.4 Å². The molecule has 0 saturated carbocycles. The lowest BCUT2D eigenvalue weighted by Crippen LogP contribution is -2.41. The summed E-state index contributed by atoms with van der Waals surface area (Å²) in [6.07, 6.45) is 2.30. The highest BCUT2D eigenvalue weighted by atomic mass is 79.9. The van der Waals surface area contributed by atoms with E-state index in [1.807, 2.05) is 0 Å². The van der Waals surface area contributed by atoms with E-state index in [2.05, 4.69) is 68.1 Å². The van der Waals surface area contributed by atoms with Crippen LogP contribution in [0.15, 0.2) is 28.7 Å². The molecule has 19 heavy (non-hydrogen) atoms. The maximum Gasteiger partial charge on any atom is 0.0472 e. The van der Waals surface area contributed by atoms with Crippen molar-refractivity contribution in [2.24, 2.45) is 5.41 Å². The van der Waals surface area contributed by atoms with E-state index in [0.29, 0.717) is 5.41 Å². The Bertz CT molecular complexity index is 405. The monoisotopic (exact) mass is 389 g/mol. The highest BCUT2D eigenvalue weighted by Gasteiger charge is 2.32. The fourth-order valence-corrected chi connectivity index (χ4v) is 3.83. The van der Waals surface area contributed by atoms with E-state index < -0.39 is 0 Å². The van der Waals surface area contributed by atoms with Crippen molar-refractivity contribution in [3.63, 3.8) is 0 Å². The lowest BCUT2D eigenvalue weighted by Gasteiger charge is -2.38. The van der Waals surface area contributed by atoms with E-state index in [1.54, 1.807) is 0 Å². The van der Waals surface area contributed by atoms with Gasteiger partial charge < -0.3 is 9.64 Å². The minimum Gasteiger partial charge on any atom is -0.381 e. The number of halogens is 2. The molecule has 1 aromatic rings. The second kappa shape index (κ2) is 7.21. The molecule has 0 aromatic heterocycles. The molecule has 1 aromatic carbocycles. The van der Waals surface area contributed by atoms with Crippen molar-refractivity contribution in [2.45, 2.75) is 19.4 Å². The topological polar surface area (TPSA) is 12.5 Å². The SMILES string of the molecule is CN(Cc1ccccc1Br)CC1(CBr)CCOCC1. The summed E-state index contributed by atoms with van der Waals surface area (Å²) in [7, 11) is 2.21. The minimum atomic E-state index is 0.369. The third kappa shape index (κ3) is 4.28. The van der Waals surface area contributed by atoms with Crippen molar-refractivity contribution in [3.05, 3.63) is 34.3 Å². The van der Waals surface area contributed by atoms with Gasteiger partial charge in [-0.25, -0.2) is 0 Å². The Hall–Kier alpha value is 0.1000. The van der Waals surface area contributed by atoms with Crippen LogP contribution in [-0.4, -0.2) is 37.0 Å². The van der Waals surface area contributed by atoms with E-state index in [-0.39, 0.29) is 0 Å². The van der Waals surface area contributed by atoms with Gasteiger partial charge in [0.1, 0.15) is 0 Å². The van der Waals surface area contributed by atoms with Crippen LogP contribution in [0.25, 0.3) is 0 Å². The van der Waals surface area contributed by atoms with Crippen molar-refractivity contribution >= 4 is 31.9 Å². The van der Waals surface area contributed by atoms with Crippen molar-refractivity contribution in [1.29, 1.82) is 0 Å². The molecule has 1 aliphatic rings. The minimum absolute atomic E-state index is 0.369. The summed E-state index contributed by atoms with van der Waals surface area (Å²) in [6, 6.07) is 8.46. The molecular weight excluding hydrogens is 370 g/mol. The second-order valence-electron chi connectivity index (χ2n) is 5.51. The smallest absolute Gasteiger partial charge is 0.0472 e. The summed E-state index contributed by atoms with van der Waals surface area (Å²) < 4.78 is 6.69. The first kappa shape index (κ1) is 15.5. The third-order valence-corrected chi connectivity index (χ3v) is 5.80. The Morgan fingerprint density at radius 1 is 1.26 bits per heavy atom. The molecule has 0 radical (unpaired) electrons. The van der Waals surface area contributed by atoms with Crippen molar-refractivity contribution < 1.29 is 4.74 Å². The van der Waals surface area contributed by atoms with Crippen LogP contribution in [-0.2, 0) is 11.3 Å². The highest BCUT2D eigenvalue weighted by molar-refractivity contribution is 9.10. The summed E-state index contributed by atoms with van der Waals surface area (Å²) in [6.45, 7) is 3.89. The number of nitrogens with zero attached hydrogens (tertiary/aromatic N) is 1. The van der Waals surface area contributed by atoms with Gasteiger partial charge in [0.15, 0.2) is 0 Å². The molecule has 1 fully saturated rings. The van der Waals surface area contributed by atoms with Gasteiger partial charge >= 0.3 is 0 Å². The predicted octanol–water partition coefficient (Wildman–Crippen LogP) is 4.07. The molecule has 0 spiro atoms. The molecule has 106 valence electrons. The van der Waals surface area contributed by atoms with E-state index in [9.17, 15) is 0 Å². The van der Waals surface area contributed by atoms with E-state index in [0.717, 1.165) is 44.5 Å². The first-order chi connectivity index (χ1) is 9.15. The van der Waals surface area contributed by atoms with Gasteiger partial charge in [0.25, 0.3) is 0 Å². The fourth-order valence-electron chi connectivity index (χ4n) is 2.68. The van der Waals surface area contributed by atoms with Crippen LogP contribution in [0.5, 0.6) is 0 Å². The zero-order valence-electron chi connectivity index (χ0n) is 11.4. The molecule has 1 saturated heterocycles. The number of hydrogen-bond acceptors (Lipinski definition) is 2. The normalized spacial score (nSPS) is 18.7. The number of benzene rings is 1. The maximum absolute atomic E-state index is 5.50. The van der Waals surface area contributed by atoms with Crippen LogP contribution in [0.3, 0.4) is 0 Å². The van der Waals surface area contributed by atoms with E-state index in [4.69, 9.17) is 4.74 Å². The largest absolute Gasteiger partial charge is 0.381 e. The van der Waals surface area contributed by atoms with Crippen LogP contribution in [0.2, 0.25) is 0 Å². The van der Waals surface area contributed by atoms with Crippen LogP contribution >= 0.6 is 31.9 Å². The first-order valence-corrected chi connectivity index (χ1v) is 8.62. The van der Waals surface area contributed by atoms with E-state index in [1.165, 1.54) is 10.0 Å². The number of ether oxygens (including phenoxy) is 1. The van der Waals surface area contributed by atoms with Crippen LogP contribution in [0.4, 0.5) is 0 Å². The van der Waals surface area contributed by atoms with Gasteiger partial charge in [-0.05, 0) is 36.9 Å². The lowest BCUT2D eigenvalue weighted by atomic mass is 9.82.